The van der Waals surface area contributed by atoms with Gasteiger partial charge >= 0.3 is 5.97 Å². The first-order chi connectivity index (χ1) is 19.7. The first-order valence-electron chi connectivity index (χ1n) is 14.3. The van der Waals surface area contributed by atoms with Crippen molar-refractivity contribution in [3.05, 3.63) is 76.5 Å². The number of rotatable bonds is 8. The minimum absolute atomic E-state index is 0.0754. The standard InChI is InChI=1S/C31H40N6O3S/c1-4-37(33)27-13-12-25(21(3)30(27)32)26(17-29(38)39)22-11-10-20(2)23(16-22)18-35-19-24-8-5-6-15-36(24)31-28(41(35)40)9-7-14-34-31/h7,9-14,16,24,26H,4-6,8,15,17-19,32-33H2,1-3H3,(H,38,39)/t24?,26-,41?/m0/s1. The van der Waals surface area contributed by atoms with Crippen LogP contribution in [0, 0.1) is 13.8 Å². The number of benzene rings is 2. The van der Waals surface area contributed by atoms with Gasteiger partial charge in [0.05, 0.1) is 42.2 Å². The van der Waals surface area contributed by atoms with E-state index in [0.717, 1.165) is 70.0 Å². The summed E-state index contributed by atoms with van der Waals surface area (Å²) in [5.41, 5.74) is 12.5. The van der Waals surface area contributed by atoms with Crippen LogP contribution in [0.1, 0.15) is 66.3 Å². The van der Waals surface area contributed by atoms with Crippen LogP contribution in [-0.2, 0) is 22.7 Å². The van der Waals surface area contributed by atoms with Crippen LogP contribution < -0.4 is 21.5 Å². The number of anilines is 3. The summed E-state index contributed by atoms with van der Waals surface area (Å²) in [6.45, 7) is 8.60. The first-order valence-corrected chi connectivity index (χ1v) is 15.4. The maximum absolute atomic E-state index is 13.9. The Kier molecular flexibility index (Phi) is 8.74. The topological polar surface area (TPSA) is 135 Å². The van der Waals surface area contributed by atoms with E-state index in [1.54, 1.807) is 11.2 Å². The molecule has 218 valence electrons. The zero-order valence-corrected chi connectivity index (χ0v) is 24.9. The molecular formula is C31H40N6O3S. The Balaban J connectivity index is 1.50. The Bertz CT molecular complexity index is 1420. The second-order valence-corrected chi connectivity index (χ2v) is 12.5. The predicted molar refractivity (Wildman–Crippen MR) is 164 cm³/mol. The molecule has 0 aliphatic carbocycles. The summed E-state index contributed by atoms with van der Waals surface area (Å²) in [5, 5.41) is 11.5. The monoisotopic (exact) mass is 576 g/mol. The molecule has 3 atom stereocenters. The number of nitrogens with zero attached hydrogens (tertiary/aromatic N) is 4. The number of carbonyl (C=O) groups is 1. The van der Waals surface area contributed by atoms with Crippen LogP contribution in [0.4, 0.5) is 17.2 Å². The van der Waals surface area contributed by atoms with Gasteiger partial charge in [-0.25, -0.2) is 10.8 Å². The van der Waals surface area contributed by atoms with Crippen molar-refractivity contribution in [3.63, 3.8) is 0 Å². The van der Waals surface area contributed by atoms with E-state index in [9.17, 15) is 14.5 Å². The van der Waals surface area contributed by atoms with Crippen molar-refractivity contribution in [3.8, 4) is 0 Å². The quantitative estimate of drug-likeness (QED) is 0.153. The average molecular weight is 577 g/mol. The number of pyridine rings is 1. The minimum atomic E-state index is -1.37. The molecule has 5 N–H and O–H groups in total. The molecule has 2 aliphatic heterocycles. The summed E-state index contributed by atoms with van der Waals surface area (Å²) in [6, 6.07) is 14.0. The normalized spacial score (nSPS) is 19.7. The van der Waals surface area contributed by atoms with Crippen molar-refractivity contribution < 1.29 is 14.5 Å². The fourth-order valence-corrected chi connectivity index (χ4v) is 7.51. The molecule has 1 saturated heterocycles. The Morgan fingerprint density at radius 1 is 1.24 bits per heavy atom. The van der Waals surface area contributed by atoms with Gasteiger partial charge in [0.15, 0.2) is 5.82 Å². The van der Waals surface area contributed by atoms with Crippen LogP contribution in [0.5, 0.6) is 0 Å². The second-order valence-electron chi connectivity index (χ2n) is 11.1. The molecule has 0 spiro atoms. The van der Waals surface area contributed by atoms with E-state index >= 15 is 0 Å². The molecule has 9 nitrogen and oxygen atoms in total. The lowest BCUT2D eigenvalue weighted by Gasteiger charge is -2.35. The molecule has 1 fully saturated rings. The Hall–Kier alpha value is -3.31. The van der Waals surface area contributed by atoms with Crippen LogP contribution in [0.15, 0.2) is 53.6 Å². The Morgan fingerprint density at radius 3 is 2.80 bits per heavy atom. The molecule has 2 aromatic carbocycles. The van der Waals surface area contributed by atoms with Gasteiger partial charge in [-0.1, -0.05) is 24.3 Å². The Labute approximate surface area is 245 Å². The number of aromatic nitrogens is 1. The molecule has 3 heterocycles. The third-order valence-corrected chi connectivity index (χ3v) is 9.99. The van der Waals surface area contributed by atoms with Crippen molar-refractivity contribution in [2.24, 2.45) is 5.84 Å². The van der Waals surface area contributed by atoms with E-state index in [1.165, 1.54) is 0 Å². The molecule has 3 aromatic rings. The van der Waals surface area contributed by atoms with Gasteiger partial charge in [0.2, 0.25) is 4.90 Å². The molecule has 1 aromatic heterocycles. The fourth-order valence-electron chi connectivity index (χ4n) is 6.15. The number of hydrazine groups is 1. The first kappa shape index (κ1) is 29.2. The summed E-state index contributed by atoms with van der Waals surface area (Å²) < 4.78 is 16.0. The summed E-state index contributed by atoms with van der Waals surface area (Å²) in [4.78, 5) is 19.8. The summed E-state index contributed by atoms with van der Waals surface area (Å²) in [5.74, 6) is 5.67. The third-order valence-electron chi connectivity index (χ3n) is 8.55. The van der Waals surface area contributed by atoms with Gasteiger partial charge < -0.3 is 25.3 Å². The lowest BCUT2D eigenvalue weighted by atomic mass is 9.84. The van der Waals surface area contributed by atoms with Crippen LogP contribution in [-0.4, -0.2) is 50.6 Å². The number of piperidine rings is 1. The number of aliphatic carboxylic acids is 1. The maximum Gasteiger partial charge on any atom is 0.304 e. The van der Waals surface area contributed by atoms with Gasteiger partial charge in [-0.05, 0) is 80.0 Å². The highest BCUT2D eigenvalue weighted by atomic mass is 32.2. The zero-order chi connectivity index (χ0) is 29.3. The molecule has 0 bridgehead atoms. The van der Waals surface area contributed by atoms with Crippen molar-refractivity contribution in [2.75, 3.05) is 35.3 Å². The number of fused-ring (bicyclic) bond motifs is 3. The second kappa shape index (κ2) is 12.3. The fraction of sp³-hybridized carbons (Fsp3) is 0.419. The lowest BCUT2D eigenvalue weighted by Crippen LogP contribution is -2.45. The third kappa shape index (κ3) is 5.88. The van der Waals surface area contributed by atoms with Gasteiger partial charge in [0, 0.05) is 37.3 Å². The van der Waals surface area contributed by atoms with Gasteiger partial charge in [-0.2, -0.15) is 0 Å². The van der Waals surface area contributed by atoms with E-state index in [0.29, 0.717) is 25.3 Å². The highest BCUT2D eigenvalue weighted by Crippen LogP contribution is 2.39. The zero-order valence-electron chi connectivity index (χ0n) is 24.0. The van der Waals surface area contributed by atoms with Crippen LogP contribution in [0.25, 0.3) is 0 Å². The maximum atomic E-state index is 13.9. The number of aryl methyl sites for hydroxylation is 1. The smallest absolute Gasteiger partial charge is 0.304 e. The van der Waals surface area contributed by atoms with Gasteiger partial charge in [0.25, 0.3) is 0 Å². The number of carboxylic acids is 1. The number of nitrogens with two attached hydrogens (primary N) is 2. The minimum Gasteiger partial charge on any atom is -0.593 e. The van der Waals surface area contributed by atoms with Crippen LogP contribution in [0.3, 0.4) is 0 Å². The average Bonchev–Trinajstić information content (AvgIpc) is 3.08. The van der Waals surface area contributed by atoms with Crippen molar-refractivity contribution >= 4 is 34.5 Å². The molecule has 0 saturated carbocycles. The van der Waals surface area contributed by atoms with E-state index < -0.39 is 23.2 Å². The molecule has 5 rings (SSSR count). The summed E-state index contributed by atoms with van der Waals surface area (Å²) in [7, 11) is 0. The van der Waals surface area contributed by atoms with Crippen molar-refractivity contribution in [2.45, 2.75) is 69.9 Å². The van der Waals surface area contributed by atoms with E-state index in [2.05, 4.69) is 16.0 Å². The van der Waals surface area contributed by atoms with Gasteiger partial charge in [-0.3, -0.25) is 4.79 Å². The summed E-state index contributed by atoms with van der Waals surface area (Å²) >= 11 is -1.37. The van der Waals surface area contributed by atoms with Gasteiger partial charge in [0.1, 0.15) is 0 Å². The van der Waals surface area contributed by atoms with Crippen LogP contribution >= 0.6 is 0 Å². The van der Waals surface area contributed by atoms with Gasteiger partial charge in [-0.15, -0.1) is 4.31 Å². The molecular weight excluding hydrogens is 536 g/mol. The predicted octanol–water partition coefficient (Wildman–Crippen LogP) is 4.48. The molecule has 2 unspecified atom stereocenters. The SMILES string of the molecule is CCN(N)c1ccc([C@@H](CC(=O)O)c2ccc(C)c(CN3CC4CCCCN4c4ncccc4[S+]3[O-])c2)c(C)c1N. The number of hydrogen-bond donors (Lipinski definition) is 3. The number of nitrogen functional groups attached to an aromatic ring is 1. The number of carboxylic acid groups (broad SMARTS) is 1. The summed E-state index contributed by atoms with van der Waals surface area (Å²) in [6.07, 6.45) is 5.00. The molecule has 41 heavy (non-hydrogen) atoms. The largest absolute Gasteiger partial charge is 0.593 e. The molecule has 0 radical (unpaired) electrons. The highest BCUT2D eigenvalue weighted by molar-refractivity contribution is 7.89. The van der Waals surface area contributed by atoms with E-state index in [4.69, 9.17) is 11.6 Å². The number of hydrogen-bond acceptors (Lipinski definition) is 8. The lowest BCUT2D eigenvalue weighted by molar-refractivity contribution is -0.137. The van der Waals surface area contributed by atoms with E-state index in [1.807, 2.05) is 61.5 Å². The molecule has 10 heteroatoms. The molecule has 2 aliphatic rings. The Morgan fingerprint density at radius 2 is 2.05 bits per heavy atom. The highest BCUT2D eigenvalue weighted by Gasteiger charge is 2.39. The molecule has 0 amide bonds. The van der Waals surface area contributed by atoms with Crippen LogP contribution in [0.2, 0.25) is 0 Å². The van der Waals surface area contributed by atoms with E-state index in [-0.39, 0.29) is 12.5 Å². The van der Waals surface area contributed by atoms with Crippen molar-refractivity contribution in [1.82, 2.24) is 9.29 Å². The van der Waals surface area contributed by atoms with Crippen molar-refractivity contribution in [1.29, 1.82) is 0 Å².